The van der Waals surface area contributed by atoms with Gasteiger partial charge in [0.1, 0.15) is 5.82 Å². The van der Waals surface area contributed by atoms with Crippen LogP contribution in [0.5, 0.6) is 0 Å². The Balaban J connectivity index is 1.43. The summed E-state index contributed by atoms with van der Waals surface area (Å²) in [5.74, 6) is 1.29. The first kappa shape index (κ1) is 14.9. The van der Waals surface area contributed by atoms with Crippen molar-refractivity contribution in [2.45, 2.75) is 25.3 Å². The van der Waals surface area contributed by atoms with Crippen molar-refractivity contribution in [3.05, 3.63) is 50.9 Å². The van der Waals surface area contributed by atoms with Gasteiger partial charge in [-0.15, -0.1) is 11.3 Å². The molecule has 4 nitrogen and oxygen atoms in total. The van der Waals surface area contributed by atoms with E-state index in [2.05, 4.69) is 31.2 Å². The fourth-order valence-corrected chi connectivity index (χ4v) is 4.31. The van der Waals surface area contributed by atoms with Gasteiger partial charge in [0.15, 0.2) is 0 Å². The Labute approximate surface area is 146 Å². The number of rotatable bonds is 4. The molecule has 1 aromatic carbocycles. The second kappa shape index (κ2) is 5.76. The largest absolute Gasteiger partial charge is 0.349 e. The van der Waals surface area contributed by atoms with E-state index in [1.807, 2.05) is 43.3 Å². The molecule has 1 amide bonds. The number of hydrogen-bond donors (Lipinski definition) is 2. The lowest BCUT2D eigenvalue weighted by Crippen LogP contribution is -2.28. The van der Waals surface area contributed by atoms with Crippen LogP contribution in [0, 0.1) is 5.92 Å². The minimum atomic E-state index is 0.0291. The Morgan fingerprint density at radius 1 is 1.39 bits per heavy atom. The number of nitrogens with zero attached hydrogens (tertiary/aromatic N) is 1. The molecule has 1 aliphatic carbocycles. The summed E-state index contributed by atoms with van der Waals surface area (Å²) < 4.78 is 1.08. The van der Waals surface area contributed by atoms with Gasteiger partial charge in [0.2, 0.25) is 5.91 Å². The van der Waals surface area contributed by atoms with Gasteiger partial charge in [0.25, 0.3) is 0 Å². The van der Waals surface area contributed by atoms with E-state index in [1.165, 1.54) is 0 Å². The molecule has 6 heteroatoms. The lowest BCUT2D eigenvalue weighted by atomic mass is 10.2. The summed E-state index contributed by atoms with van der Waals surface area (Å²) in [7, 11) is 0. The molecule has 4 rings (SSSR count). The first-order valence-corrected chi connectivity index (χ1v) is 9.23. The first-order chi connectivity index (χ1) is 11.1. The van der Waals surface area contributed by atoms with Gasteiger partial charge in [-0.2, -0.15) is 0 Å². The normalized spacial score (nSPS) is 21.3. The molecule has 1 unspecified atom stereocenters. The number of carbonyl (C=O) groups excluding carboxylic acids is 1. The SMILES string of the molecule is CC(NC(=O)[C@@H]1C[C@H]1c1nc2ccccc2[nH]1)c1ccc(Br)s1. The number of nitrogens with one attached hydrogen (secondary N) is 2. The lowest BCUT2D eigenvalue weighted by Gasteiger charge is -2.11. The number of amides is 1. The van der Waals surface area contributed by atoms with Gasteiger partial charge in [-0.25, -0.2) is 4.98 Å². The van der Waals surface area contributed by atoms with E-state index in [9.17, 15) is 4.79 Å². The average Bonchev–Trinajstić information content (AvgIpc) is 3.03. The van der Waals surface area contributed by atoms with Crippen molar-refractivity contribution in [2.75, 3.05) is 0 Å². The minimum absolute atomic E-state index is 0.0291. The summed E-state index contributed by atoms with van der Waals surface area (Å²) in [6, 6.07) is 12.1. The molecule has 118 valence electrons. The Kier molecular flexibility index (Phi) is 3.73. The van der Waals surface area contributed by atoms with Crippen LogP contribution < -0.4 is 5.32 Å². The molecular formula is C17H16BrN3OS. The number of thiophene rings is 1. The molecule has 0 saturated heterocycles. The predicted molar refractivity (Wildman–Crippen MR) is 95.5 cm³/mol. The van der Waals surface area contributed by atoms with Gasteiger partial charge < -0.3 is 10.3 Å². The van der Waals surface area contributed by atoms with Crippen LogP contribution in [0.1, 0.15) is 36.0 Å². The maximum Gasteiger partial charge on any atom is 0.224 e. The fraction of sp³-hybridized carbons (Fsp3) is 0.294. The molecular weight excluding hydrogens is 374 g/mol. The third-order valence-electron chi connectivity index (χ3n) is 4.27. The monoisotopic (exact) mass is 389 g/mol. The maximum absolute atomic E-state index is 12.4. The number of para-hydroxylation sites is 2. The van der Waals surface area contributed by atoms with E-state index < -0.39 is 0 Å². The molecule has 0 spiro atoms. The van der Waals surface area contributed by atoms with Gasteiger partial charge >= 0.3 is 0 Å². The zero-order chi connectivity index (χ0) is 16.0. The number of H-pyrrole nitrogens is 1. The predicted octanol–water partition coefficient (Wildman–Crippen LogP) is 4.37. The van der Waals surface area contributed by atoms with Crippen LogP contribution in [-0.2, 0) is 4.79 Å². The van der Waals surface area contributed by atoms with Crippen LogP contribution in [0.15, 0.2) is 40.2 Å². The number of carbonyl (C=O) groups is 1. The second-order valence-corrected chi connectivity index (χ2v) is 8.45. The molecule has 23 heavy (non-hydrogen) atoms. The summed E-state index contributed by atoms with van der Waals surface area (Å²) in [5, 5.41) is 3.11. The Hall–Kier alpha value is -1.66. The highest BCUT2D eigenvalue weighted by Crippen LogP contribution is 2.47. The fourth-order valence-electron chi connectivity index (χ4n) is 2.89. The van der Waals surface area contributed by atoms with Crippen LogP contribution in [0.4, 0.5) is 0 Å². The standard InChI is InChI=1S/C17H16BrN3OS/c1-9(14-6-7-15(18)23-14)19-17(22)11-8-10(11)16-20-12-4-2-3-5-13(12)21-16/h2-7,9-11H,8H2,1H3,(H,19,22)(H,20,21)/t9?,10-,11-/m1/s1. The Morgan fingerprint density at radius 3 is 2.96 bits per heavy atom. The van der Waals surface area contributed by atoms with Crippen LogP contribution >= 0.6 is 27.3 Å². The Bertz CT molecular complexity index is 838. The van der Waals surface area contributed by atoms with Crippen molar-refractivity contribution in [3.63, 3.8) is 0 Å². The highest BCUT2D eigenvalue weighted by atomic mass is 79.9. The van der Waals surface area contributed by atoms with E-state index >= 15 is 0 Å². The van der Waals surface area contributed by atoms with Gasteiger partial charge in [0.05, 0.1) is 20.9 Å². The smallest absolute Gasteiger partial charge is 0.224 e. The van der Waals surface area contributed by atoms with Crippen LogP contribution in [-0.4, -0.2) is 15.9 Å². The van der Waals surface area contributed by atoms with Gasteiger partial charge in [-0.3, -0.25) is 4.79 Å². The molecule has 3 aromatic rings. The molecule has 3 atom stereocenters. The molecule has 1 fully saturated rings. The molecule has 2 N–H and O–H groups in total. The molecule has 0 radical (unpaired) electrons. The van der Waals surface area contributed by atoms with Crippen molar-refractivity contribution >= 4 is 44.2 Å². The zero-order valence-corrected chi connectivity index (χ0v) is 14.9. The van der Waals surface area contributed by atoms with E-state index in [-0.39, 0.29) is 23.8 Å². The second-order valence-electron chi connectivity index (χ2n) is 5.96. The number of halogens is 1. The number of benzene rings is 1. The number of fused-ring (bicyclic) bond motifs is 1. The summed E-state index contributed by atoms with van der Waals surface area (Å²) in [6.45, 7) is 2.02. The highest BCUT2D eigenvalue weighted by Gasteiger charge is 2.46. The Morgan fingerprint density at radius 2 is 2.22 bits per heavy atom. The molecule has 0 aliphatic heterocycles. The van der Waals surface area contributed by atoms with E-state index in [0.29, 0.717) is 0 Å². The van der Waals surface area contributed by atoms with Crippen molar-refractivity contribution in [2.24, 2.45) is 5.92 Å². The lowest BCUT2D eigenvalue weighted by molar-refractivity contribution is -0.123. The summed E-state index contributed by atoms with van der Waals surface area (Å²) in [6.07, 6.45) is 0.868. The minimum Gasteiger partial charge on any atom is -0.349 e. The maximum atomic E-state index is 12.4. The number of aromatic amines is 1. The molecule has 1 saturated carbocycles. The van der Waals surface area contributed by atoms with Gasteiger partial charge in [0, 0.05) is 16.7 Å². The molecule has 1 aliphatic rings. The molecule has 2 aromatic heterocycles. The third kappa shape index (κ3) is 2.93. The van der Waals surface area contributed by atoms with Gasteiger partial charge in [-0.05, 0) is 53.5 Å². The first-order valence-electron chi connectivity index (χ1n) is 7.62. The van der Waals surface area contributed by atoms with E-state index in [0.717, 1.165) is 31.9 Å². The topological polar surface area (TPSA) is 57.8 Å². The number of hydrogen-bond acceptors (Lipinski definition) is 3. The number of aromatic nitrogens is 2. The van der Waals surface area contributed by atoms with Gasteiger partial charge in [-0.1, -0.05) is 12.1 Å². The van der Waals surface area contributed by atoms with Crippen molar-refractivity contribution in [1.82, 2.24) is 15.3 Å². The molecule has 0 bridgehead atoms. The van der Waals surface area contributed by atoms with Crippen LogP contribution in [0.2, 0.25) is 0 Å². The van der Waals surface area contributed by atoms with Crippen molar-refractivity contribution < 1.29 is 4.79 Å². The summed E-state index contributed by atoms with van der Waals surface area (Å²) in [4.78, 5) is 21.5. The van der Waals surface area contributed by atoms with Crippen molar-refractivity contribution in [1.29, 1.82) is 0 Å². The quantitative estimate of drug-likeness (QED) is 0.695. The molecule has 2 heterocycles. The zero-order valence-electron chi connectivity index (χ0n) is 12.5. The third-order valence-corrected chi connectivity index (χ3v) is 6.07. The van der Waals surface area contributed by atoms with Crippen molar-refractivity contribution in [3.8, 4) is 0 Å². The highest BCUT2D eigenvalue weighted by molar-refractivity contribution is 9.11. The summed E-state index contributed by atoms with van der Waals surface area (Å²) >= 11 is 5.11. The van der Waals surface area contributed by atoms with E-state index in [4.69, 9.17) is 0 Å². The van der Waals surface area contributed by atoms with Crippen LogP contribution in [0.25, 0.3) is 11.0 Å². The van der Waals surface area contributed by atoms with Crippen LogP contribution in [0.3, 0.4) is 0 Å². The summed E-state index contributed by atoms with van der Waals surface area (Å²) in [5.41, 5.74) is 2.00. The van der Waals surface area contributed by atoms with E-state index in [1.54, 1.807) is 11.3 Å². The average molecular weight is 390 g/mol. The number of imidazole rings is 1.